The smallest absolute Gasteiger partial charge is 0.256 e. The number of hydrogen-bond donors (Lipinski definition) is 1. The van der Waals surface area contributed by atoms with E-state index in [2.05, 4.69) is 5.32 Å². The lowest BCUT2D eigenvalue weighted by Crippen LogP contribution is -2.33. The van der Waals surface area contributed by atoms with Crippen LogP contribution in [0.25, 0.3) is 0 Å². The van der Waals surface area contributed by atoms with Gasteiger partial charge in [0.15, 0.2) is 5.11 Å². The fourth-order valence-electron chi connectivity index (χ4n) is 1.73. The van der Waals surface area contributed by atoms with Gasteiger partial charge in [0.2, 0.25) is 0 Å². The topological polar surface area (TPSA) is 72.5 Å². The van der Waals surface area contributed by atoms with Gasteiger partial charge < -0.3 is 15.2 Å². The average molecular weight is 295 g/mol. The highest BCUT2D eigenvalue weighted by Crippen LogP contribution is 2.20. The highest BCUT2D eigenvalue weighted by Gasteiger charge is 2.35. The van der Waals surface area contributed by atoms with Gasteiger partial charge in [-0.25, -0.2) is 0 Å². The van der Waals surface area contributed by atoms with Crippen LogP contribution in [0.2, 0.25) is 0 Å². The molecule has 1 saturated heterocycles. The van der Waals surface area contributed by atoms with Crippen molar-refractivity contribution in [2.45, 2.75) is 6.04 Å². The molecule has 1 aliphatic heterocycles. The lowest BCUT2D eigenvalue weighted by atomic mass is 10.3. The Hall–Kier alpha value is -1.60. The SMILES string of the molecule is O=C([O-])CSC[C@H]1NC(=S)N(c2ccccc2)C1=O. The van der Waals surface area contributed by atoms with Gasteiger partial charge in [-0.3, -0.25) is 9.69 Å². The normalized spacial score (nSPS) is 18.5. The van der Waals surface area contributed by atoms with E-state index in [0.717, 1.165) is 11.8 Å². The number of benzene rings is 1. The summed E-state index contributed by atoms with van der Waals surface area (Å²) in [5.41, 5.74) is 0.706. The molecule has 0 unspecified atom stereocenters. The predicted molar refractivity (Wildman–Crippen MR) is 75.8 cm³/mol. The maximum absolute atomic E-state index is 12.2. The number of thiocarbonyl (C=S) groups is 1. The molecule has 1 atom stereocenters. The minimum absolute atomic E-state index is 0.135. The molecule has 7 heteroatoms. The number of para-hydroxylation sites is 1. The van der Waals surface area contributed by atoms with Crippen LogP contribution in [0, 0.1) is 0 Å². The van der Waals surface area contributed by atoms with Crippen molar-refractivity contribution in [3.63, 3.8) is 0 Å². The van der Waals surface area contributed by atoms with Crippen LogP contribution >= 0.6 is 24.0 Å². The van der Waals surface area contributed by atoms with Crippen LogP contribution in [0.4, 0.5) is 5.69 Å². The number of amides is 1. The molecule has 0 spiro atoms. The van der Waals surface area contributed by atoms with Crippen molar-refractivity contribution >= 4 is 46.7 Å². The van der Waals surface area contributed by atoms with E-state index in [1.165, 1.54) is 4.90 Å². The number of aliphatic carboxylic acids is 1. The van der Waals surface area contributed by atoms with Gasteiger partial charge in [-0.05, 0) is 24.4 Å². The zero-order valence-corrected chi connectivity index (χ0v) is 11.5. The van der Waals surface area contributed by atoms with Crippen LogP contribution in [0.1, 0.15) is 0 Å². The minimum atomic E-state index is -1.14. The molecule has 5 nitrogen and oxygen atoms in total. The molecule has 1 N–H and O–H groups in total. The number of carbonyl (C=O) groups excluding carboxylic acids is 2. The highest BCUT2D eigenvalue weighted by molar-refractivity contribution is 8.00. The van der Waals surface area contributed by atoms with Crippen molar-refractivity contribution in [2.75, 3.05) is 16.4 Å². The van der Waals surface area contributed by atoms with Crippen molar-refractivity contribution in [3.8, 4) is 0 Å². The van der Waals surface area contributed by atoms with Gasteiger partial charge in [0.25, 0.3) is 5.91 Å². The molecule has 0 aromatic heterocycles. The van der Waals surface area contributed by atoms with Gasteiger partial charge in [-0.15, -0.1) is 0 Å². The van der Waals surface area contributed by atoms with Crippen LogP contribution in [-0.4, -0.2) is 34.5 Å². The van der Waals surface area contributed by atoms with Crippen LogP contribution in [0.15, 0.2) is 30.3 Å². The molecule has 2 rings (SSSR count). The Labute approximate surface area is 120 Å². The first kappa shape index (κ1) is 13.8. The van der Waals surface area contributed by atoms with Crippen molar-refractivity contribution in [3.05, 3.63) is 30.3 Å². The zero-order chi connectivity index (χ0) is 13.8. The summed E-state index contributed by atoms with van der Waals surface area (Å²) < 4.78 is 0. The van der Waals surface area contributed by atoms with Crippen molar-refractivity contribution in [1.29, 1.82) is 0 Å². The molecule has 1 amide bonds. The molecule has 1 aliphatic rings. The fourth-order valence-corrected chi connectivity index (χ4v) is 2.81. The molecule has 0 bridgehead atoms. The maximum Gasteiger partial charge on any atom is 0.256 e. The summed E-state index contributed by atoms with van der Waals surface area (Å²) in [5.74, 6) is -1.10. The molecule has 0 saturated carbocycles. The second-order valence-electron chi connectivity index (χ2n) is 3.90. The Balaban J connectivity index is 2.03. The minimum Gasteiger partial charge on any atom is -0.549 e. The average Bonchev–Trinajstić information content (AvgIpc) is 2.65. The molecular weight excluding hydrogens is 284 g/mol. The quantitative estimate of drug-likeness (QED) is 0.756. The van der Waals surface area contributed by atoms with E-state index < -0.39 is 12.0 Å². The summed E-state index contributed by atoms with van der Waals surface area (Å²) >= 11 is 6.26. The van der Waals surface area contributed by atoms with Gasteiger partial charge in [0.1, 0.15) is 6.04 Å². The zero-order valence-electron chi connectivity index (χ0n) is 9.87. The number of hydrogen-bond acceptors (Lipinski definition) is 5. The van der Waals surface area contributed by atoms with Gasteiger partial charge in [0, 0.05) is 11.5 Å². The Morgan fingerprint density at radius 1 is 1.42 bits per heavy atom. The summed E-state index contributed by atoms with van der Waals surface area (Å²) in [6, 6.07) is 8.60. The van der Waals surface area contributed by atoms with Crippen LogP contribution < -0.4 is 15.3 Å². The van der Waals surface area contributed by atoms with E-state index in [4.69, 9.17) is 12.2 Å². The number of nitrogens with one attached hydrogen (secondary N) is 1. The molecule has 19 heavy (non-hydrogen) atoms. The Morgan fingerprint density at radius 3 is 2.74 bits per heavy atom. The number of carboxylic acid groups (broad SMARTS) is 1. The van der Waals surface area contributed by atoms with E-state index in [1.54, 1.807) is 12.1 Å². The molecular formula is C12H11N2O3S2-. The molecule has 1 heterocycles. The number of carbonyl (C=O) groups is 2. The first-order chi connectivity index (χ1) is 9.09. The third-order valence-corrected chi connectivity index (χ3v) is 3.85. The lowest BCUT2D eigenvalue weighted by molar-refractivity contribution is -0.301. The van der Waals surface area contributed by atoms with E-state index in [9.17, 15) is 14.7 Å². The molecule has 100 valence electrons. The molecule has 0 aliphatic carbocycles. The number of anilines is 1. The Bertz CT molecular complexity index is 507. The number of nitrogens with zero attached hydrogens (tertiary/aromatic N) is 1. The Morgan fingerprint density at radius 2 is 2.11 bits per heavy atom. The standard InChI is InChI=1S/C12H12N2O3S2/c15-10(16)7-19-6-9-11(17)14(12(18)13-9)8-4-2-1-3-5-8/h1-5,9H,6-7H2,(H,13,18)(H,15,16)/p-1/t9-/m1/s1. The largest absolute Gasteiger partial charge is 0.549 e. The molecule has 1 aromatic carbocycles. The second-order valence-corrected chi connectivity index (χ2v) is 5.32. The summed E-state index contributed by atoms with van der Waals surface area (Å²) in [6.07, 6.45) is 0. The van der Waals surface area contributed by atoms with Crippen molar-refractivity contribution in [1.82, 2.24) is 5.32 Å². The Kier molecular flexibility index (Phi) is 4.39. The molecule has 1 aromatic rings. The first-order valence-corrected chi connectivity index (χ1v) is 7.13. The van der Waals surface area contributed by atoms with Crippen LogP contribution in [0.5, 0.6) is 0 Å². The summed E-state index contributed by atoms with van der Waals surface area (Å²) in [7, 11) is 0. The highest BCUT2D eigenvalue weighted by atomic mass is 32.2. The van der Waals surface area contributed by atoms with Gasteiger partial charge in [-0.2, -0.15) is 11.8 Å². The van der Waals surface area contributed by atoms with Gasteiger partial charge >= 0.3 is 0 Å². The van der Waals surface area contributed by atoms with E-state index >= 15 is 0 Å². The number of rotatable bonds is 5. The van der Waals surface area contributed by atoms with Gasteiger partial charge in [-0.1, -0.05) is 18.2 Å². The van der Waals surface area contributed by atoms with Crippen LogP contribution in [0.3, 0.4) is 0 Å². The third kappa shape index (κ3) is 3.24. The van der Waals surface area contributed by atoms with Gasteiger partial charge in [0.05, 0.1) is 11.7 Å². The maximum atomic E-state index is 12.2. The van der Waals surface area contributed by atoms with Crippen molar-refractivity contribution in [2.24, 2.45) is 0 Å². The van der Waals surface area contributed by atoms with Crippen molar-refractivity contribution < 1.29 is 14.7 Å². The molecule has 0 radical (unpaired) electrons. The summed E-state index contributed by atoms with van der Waals surface area (Å²) in [5, 5.41) is 13.6. The van der Waals surface area contributed by atoms with E-state index in [0.29, 0.717) is 16.6 Å². The fraction of sp³-hybridized carbons (Fsp3) is 0.250. The van der Waals surface area contributed by atoms with Crippen LogP contribution in [-0.2, 0) is 9.59 Å². The number of thioether (sulfide) groups is 1. The summed E-state index contributed by atoms with van der Waals surface area (Å²) in [4.78, 5) is 24.0. The second kappa shape index (κ2) is 6.03. The lowest BCUT2D eigenvalue weighted by Gasteiger charge is -2.14. The van der Waals surface area contributed by atoms with E-state index in [1.807, 2.05) is 18.2 Å². The monoisotopic (exact) mass is 295 g/mol. The van der Waals surface area contributed by atoms with E-state index in [-0.39, 0.29) is 11.7 Å². The predicted octanol–water partition coefficient (Wildman–Crippen LogP) is -0.241. The third-order valence-electron chi connectivity index (χ3n) is 2.54. The number of carboxylic acids is 1. The molecule has 1 fully saturated rings. The first-order valence-electron chi connectivity index (χ1n) is 5.56. The summed E-state index contributed by atoms with van der Waals surface area (Å²) in [6.45, 7) is 0.